The zero-order valence-electron chi connectivity index (χ0n) is 15.0. The molecule has 1 heterocycles. The molecule has 1 aliphatic rings. The van der Waals surface area contributed by atoms with E-state index in [2.05, 4.69) is 10.6 Å². The summed E-state index contributed by atoms with van der Waals surface area (Å²) >= 11 is 0. The third kappa shape index (κ3) is 5.89. The molecule has 1 aromatic rings. The van der Waals surface area contributed by atoms with Gasteiger partial charge in [0.25, 0.3) is 0 Å². The highest BCUT2D eigenvalue weighted by molar-refractivity contribution is 5.89. The molecule has 0 aliphatic carbocycles. The van der Waals surface area contributed by atoms with Gasteiger partial charge in [0.2, 0.25) is 17.7 Å². The fourth-order valence-corrected chi connectivity index (χ4v) is 2.79. The van der Waals surface area contributed by atoms with Crippen LogP contribution in [-0.2, 0) is 20.8 Å². The minimum atomic E-state index is -0.302. The molecule has 0 bridgehead atoms. The summed E-state index contributed by atoms with van der Waals surface area (Å²) in [6, 6.07) is 10.0. The second kappa shape index (κ2) is 9.20. The van der Waals surface area contributed by atoms with Crippen LogP contribution in [0, 0.1) is 11.8 Å². The van der Waals surface area contributed by atoms with Crippen molar-refractivity contribution >= 4 is 17.7 Å². The number of carbonyl (C=O) groups excluding carboxylic acids is 3. The zero-order chi connectivity index (χ0) is 18.2. The first-order valence-electron chi connectivity index (χ1n) is 8.84. The molecule has 136 valence electrons. The molecule has 0 unspecified atom stereocenters. The van der Waals surface area contributed by atoms with E-state index >= 15 is 0 Å². The van der Waals surface area contributed by atoms with E-state index in [0.29, 0.717) is 26.2 Å². The highest BCUT2D eigenvalue weighted by atomic mass is 16.2. The van der Waals surface area contributed by atoms with Gasteiger partial charge in [-0.1, -0.05) is 44.2 Å². The van der Waals surface area contributed by atoms with E-state index in [0.717, 1.165) is 6.42 Å². The van der Waals surface area contributed by atoms with Crippen LogP contribution in [0.25, 0.3) is 0 Å². The first kappa shape index (κ1) is 19.0. The predicted octanol–water partition coefficient (Wildman–Crippen LogP) is 0.966. The molecular formula is C19H27N3O3. The fourth-order valence-electron chi connectivity index (χ4n) is 2.79. The van der Waals surface area contributed by atoms with Gasteiger partial charge in [0, 0.05) is 38.5 Å². The average molecular weight is 345 g/mol. The maximum atomic E-state index is 12.2. The summed E-state index contributed by atoms with van der Waals surface area (Å²) in [7, 11) is 0. The zero-order valence-corrected chi connectivity index (χ0v) is 15.0. The quantitative estimate of drug-likeness (QED) is 0.689. The van der Waals surface area contributed by atoms with E-state index in [1.54, 1.807) is 4.90 Å². The monoisotopic (exact) mass is 345 g/mol. The van der Waals surface area contributed by atoms with Crippen molar-refractivity contribution in [3.63, 3.8) is 0 Å². The fraction of sp³-hybridized carbons (Fsp3) is 0.526. The van der Waals surface area contributed by atoms with E-state index in [9.17, 15) is 14.4 Å². The Morgan fingerprint density at radius 3 is 2.52 bits per heavy atom. The lowest BCUT2D eigenvalue weighted by Gasteiger charge is -2.16. The number of amides is 3. The molecule has 2 rings (SSSR count). The van der Waals surface area contributed by atoms with Crippen LogP contribution in [0.4, 0.5) is 0 Å². The largest absolute Gasteiger partial charge is 0.354 e. The topological polar surface area (TPSA) is 78.5 Å². The third-order valence-electron chi connectivity index (χ3n) is 4.35. The molecule has 1 aromatic carbocycles. The first-order valence-corrected chi connectivity index (χ1v) is 8.84. The third-order valence-corrected chi connectivity index (χ3v) is 4.35. The van der Waals surface area contributed by atoms with Crippen molar-refractivity contribution < 1.29 is 14.4 Å². The van der Waals surface area contributed by atoms with Crippen LogP contribution in [0.15, 0.2) is 30.3 Å². The van der Waals surface area contributed by atoms with Gasteiger partial charge < -0.3 is 15.5 Å². The molecule has 1 atom stereocenters. The van der Waals surface area contributed by atoms with Gasteiger partial charge in [0.1, 0.15) is 0 Å². The summed E-state index contributed by atoms with van der Waals surface area (Å²) in [4.78, 5) is 37.5. The van der Waals surface area contributed by atoms with Gasteiger partial charge in [0.05, 0.1) is 5.92 Å². The molecule has 25 heavy (non-hydrogen) atoms. The number of rotatable bonds is 8. The van der Waals surface area contributed by atoms with E-state index < -0.39 is 0 Å². The molecule has 6 nitrogen and oxygen atoms in total. The molecule has 1 aliphatic heterocycles. The Morgan fingerprint density at radius 2 is 1.84 bits per heavy atom. The average Bonchev–Trinajstić information content (AvgIpc) is 2.98. The van der Waals surface area contributed by atoms with Crippen LogP contribution < -0.4 is 10.6 Å². The first-order chi connectivity index (χ1) is 12.0. The Kier molecular flexibility index (Phi) is 6.98. The predicted molar refractivity (Wildman–Crippen MR) is 95.7 cm³/mol. The molecular weight excluding hydrogens is 318 g/mol. The van der Waals surface area contributed by atoms with Crippen LogP contribution in [0.1, 0.15) is 25.8 Å². The molecule has 1 saturated heterocycles. The summed E-state index contributed by atoms with van der Waals surface area (Å²) in [5, 5.41) is 5.55. The van der Waals surface area contributed by atoms with Crippen LogP contribution in [-0.4, -0.2) is 48.8 Å². The number of nitrogens with zero attached hydrogens (tertiary/aromatic N) is 1. The SMILES string of the molecule is CC(C)C(=O)NCCNC(=O)[C@H]1CC(=O)N(CCc2ccccc2)C1. The van der Waals surface area contributed by atoms with Crippen molar-refractivity contribution in [2.24, 2.45) is 11.8 Å². The number of likely N-dealkylation sites (tertiary alicyclic amines) is 1. The van der Waals surface area contributed by atoms with Crippen molar-refractivity contribution in [2.75, 3.05) is 26.2 Å². The highest BCUT2D eigenvalue weighted by Gasteiger charge is 2.33. The number of hydrogen-bond donors (Lipinski definition) is 2. The van der Waals surface area contributed by atoms with Gasteiger partial charge in [-0.05, 0) is 12.0 Å². The van der Waals surface area contributed by atoms with Gasteiger partial charge in [-0.25, -0.2) is 0 Å². The molecule has 6 heteroatoms. The standard InChI is InChI=1S/C19H27N3O3/c1-14(2)18(24)20-9-10-21-19(25)16-12-17(23)22(13-16)11-8-15-6-4-3-5-7-15/h3-7,14,16H,8-13H2,1-2H3,(H,20,24)(H,21,25)/t16-/m0/s1. The van der Waals surface area contributed by atoms with E-state index in [1.807, 2.05) is 44.2 Å². The minimum Gasteiger partial charge on any atom is -0.354 e. The Morgan fingerprint density at radius 1 is 1.16 bits per heavy atom. The number of hydrogen-bond acceptors (Lipinski definition) is 3. The molecule has 0 aromatic heterocycles. The van der Waals surface area contributed by atoms with Crippen LogP contribution in [0.3, 0.4) is 0 Å². The number of benzene rings is 1. The van der Waals surface area contributed by atoms with E-state index in [-0.39, 0.29) is 36.0 Å². The smallest absolute Gasteiger partial charge is 0.225 e. The van der Waals surface area contributed by atoms with Crippen LogP contribution >= 0.6 is 0 Å². The molecule has 1 fully saturated rings. The molecule has 2 N–H and O–H groups in total. The molecule has 3 amide bonds. The summed E-state index contributed by atoms with van der Waals surface area (Å²) in [5.41, 5.74) is 1.18. The van der Waals surface area contributed by atoms with Crippen molar-refractivity contribution in [3.05, 3.63) is 35.9 Å². The molecule has 0 saturated carbocycles. The van der Waals surface area contributed by atoms with Crippen molar-refractivity contribution in [3.8, 4) is 0 Å². The number of carbonyl (C=O) groups is 3. The summed E-state index contributed by atoms with van der Waals surface area (Å²) in [5.74, 6) is -0.485. The van der Waals surface area contributed by atoms with Crippen molar-refractivity contribution in [1.29, 1.82) is 0 Å². The lowest BCUT2D eigenvalue weighted by atomic mass is 10.1. The van der Waals surface area contributed by atoms with E-state index in [1.165, 1.54) is 5.56 Å². The summed E-state index contributed by atoms with van der Waals surface area (Å²) < 4.78 is 0. The maximum absolute atomic E-state index is 12.2. The van der Waals surface area contributed by atoms with Gasteiger partial charge in [-0.2, -0.15) is 0 Å². The van der Waals surface area contributed by atoms with Gasteiger partial charge in [0.15, 0.2) is 0 Å². The second-order valence-electron chi connectivity index (χ2n) is 6.71. The van der Waals surface area contributed by atoms with Crippen molar-refractivity contribution in [1.82, 2.24) is 15.5 Å². The summed E-state index contributed by atoms with van der Waals surface area (Å²) in [6.45, 7) is 5.53. The Labute approximate surface area is 149 Å². The highest BCUT2D eigenvalue weighted by Crippen LogP contribution is 2.18. The maximum Gasteiger partial charge on any atom is 0.225 e. The summed E-state index contributed by atoms with van der Waals surface area (Å²) in [6.07, 6.45) is 1.06. The van der Waals surface area contributed by atoms with Crippen molar-refractivity contribution in [2.45, 2.75) is 26.7 Å². The lowest BCUT2D eigenvalue weighted by Crippen LogP contribution is -2.39. The Balaban J connectivity index is 1.70. The Bertz CT molecular complexity index is 601. The Hall–Kier alpha value is -2.37. The minimum absolute atomic E-state index is 0.0302. The number of nitrogens with one attached hydrogen (secondary N) is 2. The van der Waals surface area contributed by atoms with E-state index in [4.69, 9.17) is 0 Å². The van der Waals surface area contributed by atoms with Gasteiger partial charge >= 0.3 is 0 Å². The van der Waals surface area contributed by atoms with Crippen LogP contribution in [0.5, 0.6) is 0 Å². The molecule has 0 radical (unpaired) electrons. The second-order valence-corrected chi connectivity index (χ2v) is 6.71. The molecule has 0 spiro atoms. The normalized spacial score (nSPS) is 17.0. The van der Waals surface area contributed by atoms with Gasteiger partial charge in [-0.3, -0.25) is 14.4 Å². The lowest BCUT2D eigenvalue weighted by molar-refractivity contribution is -0.129. The van der Waals surface area contributed by atoms with Crippen LogP contribution in [0.2, 0.25) is 0 Å². The van der Waals surface area contributed by atoms with Gasteiger partial charge in [-0.15, -0.1) is 0 Å².